The summed E-state index contributed by atoms with van der Waals surface area (Å²) in [6.07, 6.45) is 3.75. The van der Waals surface area contributed by atoms with Crippen LogP contribution in [0.4, 0.5) is 17.1 Å². The number of rotatable bonds is 2. The van der Waals surface area contributed by atoms with Gasteiger partial charge in [-0.1, -0.05) is 0 Å². The highest BCUT2D eigenvalue weighted by Crippen LogP contribution is 2.24. The molecule has 0 saturated heterocycles. The van der Waals surface area contributed by atoms with E-state index in [0.717, 1.165) is 33.7 Å². The molecule has 3 rings (SSSR count). The Kier molecular flexibility index (Phi) is 2.76. The van der Waals surface area contributed by atoms with Crippen LogP contribution in [0.25, 0.3) is 10.9 Å². The zero-order valence-electron chi connectivity index (χ0n) is 10.6. The Morgan fingerprint density at radius 3 is 2.74 bits per heavy atom. The van der Waals surface area contributed by atoms with Crippen LogP contribution in [0.3, 0.4) is 0 Å². The van der Waals surface area contributed by atoms with Gasteiger partial charge >= 0.3 is 0 Å². The number of hydrogen-bond acceptors (Lipinski definition) is 3. The molecule has 4 N–H and O–H groups in total. The Hall–Kier alpha value is -2.62. The number of nitrogens with zero attached hydrogens (tertiary/aromatic N) is 1. The summed E-state index contributed by atoms with van der Waals surface area (Å²) in [4.78, 5) is 7.48. The summed E-state index contributed by atoms with van der Waals surface area (Å²) in [6, 6.07) is 11.8. The fourth-order valence-corrected chi connectivity index (χ4v) is 2.03. The van der Waals surface area contributed by atoms with Crippen molar-refractivity contribution in [1.29, 1.82) is 0 Å². The van der Waals surface area contributed by atoms with E-state index in [1.807, 2.05) is 49.6 Å². The number of hydrogen-bond donors (Lipinski definition) is 2. The van der Waals surface area contributed by atoms with Gasteiger partial charge in [-0.2, -0.15) is 0 Å². The van der Waals surface area contributed by atoms with Gasteiger partial charge in [-0.3, -0.25) is 4.98 Å². The number of H-pyrrole nitrogens is 1. The number of nitrogen functional groups attached to an aromatic ring is 1. The van der Waals surface area contributed by atoms with E-state index in [1.165, 1.54) is 0 Å². The first-order valence-corrected chi connectivity index (χ1v) is 6.12. The first-order valence-electron chi connectivity index (χ1n) is 6.12. The van der Waals surface area contributed by atoms with Gasteiger partial charge < -0.3 is 11.1 Å². The third-order valence-corrected chi connectivity index (χ3v) is 3.01. The van der Waals surface area contributed by atoms with Gasteiger partial charge in [0.15, 0.2) is 6.20 Å². The van der Waals surface area contributed by atoms with Gasteiger partial charge in [-0.05, 0) is 37.3 Å². The van der Waals surface area contributed by atoms with Crippen molar-refractivity contribution in [3.63, 3.8) is 0 Å². The Morgan fingerprint density at radius 2 is 1.95 bits per heavy atom. The summed E-state index contributed by atoms with van der Waals surface area (Å²) < 4.78 is 0. The lowest BCUT2D eigenvalue weighted by Crippen LogP contribution is -2.05. The van der Waals surface area contributed by atoms with E-state index in [2.05, 4.69) is 21.4 Å². The van der Waals surface area contributed by atoms with Gasteiger partial charge in [0.1, 0.15) is 0 Å². The molecule has 0 unspecified atom stereocenters. The van der Waals surface area contributed by atoms with E-state index in [4.69, 9.17) is 5.73 Å². The Balaban J connectivity index is 2.05. The van der Waals surface area contributed by atoms with Crippen molar-refractivity contribution in [2.24, 2.45) is 0 Å². The van der Waals surface area contributed by atoms with Crippen LogP contribution in [-0.2, 0) is 0 Å². The topological polar surface area (TPSA) is 65.1 Å². The number of anilines is 3. The number of aromatic nitrogens is 2. The molecule has 0 aliphatic rings. The highest BCUT2D eigenvalue weighted by Gasteiger charge is 2.07. The molecule has 0 amide bonds. The van der Waals surface area contributed by atoms with Gasteiger partial charge in [0.05, 0.1) is 17.3 Å². The summed E-state index contributed by atoms with van der Waals surface area (Å²) in [5.74, 6) is 0. The molecular weight excluding hydrogens is 236 g/mol. The molecule has 4 nitrogen and oxygen atoms in total. The fourth-order valence-electron chi connectivity index (χ4n) is 2.03. The van der Waals surface area contributed by atoms with Crippen LogP contribution < -0.4 is 16.0 Å². The lowest BCUT2D eigenvalue weighted by atomic mass is 10.2. The summed E-state index contributed by atoms with van der Waals surface area (Å²) in [6.45, 7) is 1.99. The summed E-state index contributed by atoms with van der Waals surface area (Å²) >= 11 is 0. The SMILES string of the molecule is Cc1cc2c(Nc3ccc(N)cc3)cc[nH+]c2cn1. The van der Waals surface area contributed by atoms with Crippen molar-refractivity contribution in [2.75, 3.05) is 11.1 Å². The average Bonchev–Trinajstić information content (AvgIpc) is 2.42. The molecule has 0 aliphatic carbocycles. The first-order chi connectivity index (χ1) is 9.22. The van der Waals surface area contributed by atoms with Crippen LogP contribution in [0, 0.1) is 6.92 Å². The van der Waals surface area contributed by atoms with Crippen molar-refractivity contribution in [1.82, 2.24) is 4.98 Å². The Bertz CT molecular complexity index is 720. The van der Waals surface area contributed by atoms with Crippen molar-refractivity contribution in [3.05, 3.63) is 54.5 Å². The second-order valence-electron chi connectivity index (χ2n) is 4.51. The second-order valence-corrected chi connectivity index (χ2v) is 4.51. The molecule has 0 bridgehead atoms. The molecule has 1 aromatic carbocycles. The molecule has 0 spiro atoms. The van der Waals surface area contributed by atoms with Crippen LogP contribution in [0.1, 0.15) is 5.69 Å². The third kappa shape index (κ3) is 2.33. The van der Waals surface area contributed by atoms with Gasteiger partial charge in [0.25, 0.3) is 0 Å². The maximum atomic E-state index is 5.69. The van der Waals surface area contributed by atoms with E-state index in [0.29, 0.717) is 0 Å². The molecule has 2 heterocycles. The number of nitrogens with one attached hydrogen (secondary N) is 2. The van der Waals surface area contributed by atoms with Crippen molar-refractivity contribution < 1.29 is 4.98 Å². The summed E-state index contributed by atoms with van der Waals surface area (Å²) in [7, 11) is 0. The molecule has 2 aromatic heterocycles. The number of pyridine rings is 2. The van der Waals surface area contributed by atoms with Crippen LogP contribution >= 0.6 is 0 Å². The average molecular weight is 251 g/mol. The highest BCUT2D eigenvalue weighted by molar-refractivity contribution is 5.90. The van der Waals surface area contributed by atoms with E-state index in [-0.39, 0.29) is 0 Å². The van der Waals surface area contributed by atoms with Crippen molar-refractivity contribution in [2.45, 2.75) is 6.92 Å². The molecule has 3 aromatic rings. The van der Waals surface area contributed by atoms with E-state index in [1.54, 1.807) is 0 Å². The quantitative estimate of drug-likeness (QED) is 0.688. The van der Waals surface area contributed by atoms with Crippen LogP contribution in [-0.4, -0.2) is 4.98 Å². The fraction of sp³-hybridized carbons (Fsp3) is 0.0667. The van der Waals surface area contributed by atoms with Gasteiger partial charge in [0, 0.05) is 23.1 Å². The Morgan fingerprint density at radius 1 is 1.16 bits per heavy atom. The summed E-state index contributed by atoms with van der Waals surface area (Å²) in [5.41, 5.74) is 10.5. The molecule has 0 atom stereocenters. The zero-order chi connectivity index (χ0) is 13.2. The lowest BCUT2D eigenvalue weighted by Gasteiger charge is -2.08. The predicted molar refractivity (Wildman–Crippen MR) is 77.2 cm³/mol. The Labute approximate surface area is 111 Å². The molecule has 19 heavy (non-hydrogen) atoms. The van der Waals surface area contributed by atoms with E-state index < -0.39 is 0 Å². The van der Waals surface area contributed by atoms with Crippen LogP contribution in [0.5, 0.6) is 0 Å². The van der Waals surface area contributed by atoms with E-state index >= 15 is 0 Å². The number of aromatic amines is 1. The van der Waals surface area contributed by atoms with E-state index in [9.17, 15) is 0 Å². The third-order valence-electron chi connectivity index (χ3n) is 3.01. The predicted octanol–water partition coefficient (Wildman–Crippen LogP) is 2.68. The maximum absolute atomic E-state index is 5.69. The van der Waals surface area contributed by atoms with Crippen LogP contribution in [0.15, 0.2) is 48.8 Å². The minimum atomic E-state index is 0.761. The minimum Gasteiger partial charge on any atom is -0.399 e. The number of aryl methyl sites for hydroxylation is 1. The number of nitrogens with two attached hydrogens (primary N) is 1. The zero-order valence-corrected chi connectivity index (χ0v) is 10.6. The smallest absolute Gasteiger partial charge is 0.231 e. The highest BCUT2D eigenvalue weighted by atomic mass is 14.9. The molecule has 0 fully saturated rings. The van der Waals surface area contributed by atoms with Crippen LogP contribution in [0.2, 0.25) is 0 Å². The first kappa shape index (κ1) is 11.5. The van der Waals surface area contributed by atoms with Crippen molar-refractivity contribution in [3.8, 4) is 0 Å². The second kappa shape index (κ2) is 4.57. The van der Waals surface area contributed by atoms with Crippen molar-refractivity contribution >= 4 is 28.0 Å². The monoisotopic (exact) mass is 251 g/mol. The minimum absolute atomic E-state index is 0.761. The number of fused-ring (bicyclic) bond motifs is 1. The van der Waals surface area contributed by atoms with Gasteiger partial charge in [-0.15, -0.1) is 0 Å². The molecule has 94 valence electrons. The molecule has 0 saturated carbocycles. The molecule has 0 aliphatic heterocycles. The number of benzene rings is 1. The van der Waals surface area contributed by atoms with Gasteiger partial charge in [-0.25, -0.2) is 4.98 Å². The summed E-state index contributed by atoms with van der Waals surface area (Å²) in [5, 5.41) is 4.52. The van der Waals surface area contributed by atoms with Gasteiger partial charge in [0.2, 0.25) is 5.52 Å². The normalized spacial score (nSPS) is 10.6. The largest absolute Gasteiger partial charge is 0.399 e. The maximum Gasteiger partial charge on any atom is 0.231 e. The molecular formula is C15H15N4+. The molecule has 4 heteroatoms. The lowest BCUT2D eigenvalue weighted by molar-refractivity contribution is -0.344. The molecule has 0 radical (unpaired) electrons. The standard InChI is InChI=1S/C15H14N4/c1-10-8-13-14(6-7-17-15(13)9-18-10)19-12-4-2-11(16)3-5-12/h2-9H,16H2,1H3,(H,17,19)/p+1.